The summed E-state index contributed by atoms with van der Waals surface area (Å²) in [7, 11) is 0. The Balaban J connectivity index is 1.88. The zero-order valence-electron chi connectivity index (χ0n) is 10.6. The van der Waals surface area contributed by atoms with Crippen LogP contribution in [0.4, 0.5) is 0 Å². The third-order valence-electron chi connectivity index (χ3n) is 4.48. The maximum Gasteiger partial charge on any atom is 0.122 e. The summed E-state index contributed by atoms with van der Waals surface area (Å²) in [6, 6.07) is 5.00. The molecule has 1 saturated heterocycles. The van der Waals surface area contributed by atoms with Crippen molar-refractivity contribution in [2.45, 2.75) is 50.0 Å². The Hall–Kier alpha value is -1.22. The fraction of sp³-hybridized carbons (Fsp3) is 0.600. The van der Waals surface area contributed by atoms with E-state index in [1.165, 1.54) is 12.8 Å². The number of rotatable bonds is 1. The van der Waals surface area contributed by atoms with E-state index in [0.717, 1.165) is 32.3 Å². The summed E-state index contributed by atoms with van der Waals surface area (Å²) >= 11 is 0. The highest BCUT2D eigenvalue weighted by Crippen LogP contribution is 2.48. The Labute approximate surface area is 107 Å². The van der Waals surface area contributed by atoms with Gasteiger partial charge in [0, 0.05) is 12.2 Å². The molecule has 1 saturated carbocycles. The number of hydrogen-bond donors (Lipinski definition) is 2. The molecule has 1 aliphatic heterocycles. The van der Waals surface area contributed by atoms with Crippen molar-refractivity contribution in [3.05, 3.63) is 23.8 Å². The maximum absolute atomic E-state index is 9.97. The van der Waals surface area contributed by atoms with Crippen molar-refractivity contribution in [1.82, 2.24) is 0 Å². The highest BCUT2D eigenvalue weighted by atomic mass is 16.5. The maximum atomic E-state index is 9.97. The molecule has 2 aliphatic rings. The van der Waals surface area contributed by atoms with E-state index >= 15 is 0 Å². The van der Waals surface area contributed by atoms with E-state index in [-0.39, 0.29) is 23.0 Å². The topological polar surface area (TPSA) is 49.7 Å². The molecular weight excluding hydrogens is 228 g/mol. The van der Waals surface area contributed by atoms with Crippen molar-refractivity contribution in [1.29, 1.82) is 0 Å². The molecule has 1 aromatic rings. The predicted molar refractivity (Wildman–Crippen MR) is 68.9 cm³/mol. The van der Waals surface area contributed by atoms with Crippen LogP contribution in [0.5, 0.6) is 11.5 Å². The van der Waals surface area contributed by atoms with Gasteiger partial charge in [-0.3, -0.25) is 0 Å². The molecule has 3 nitrogen and oxygen atoms in total. The second kappa shape index (κ2) is 4.47. The van der Waals surface area contributed by atoms with E-state index in [1.54, 1.807) is 18.2 Å². The Morgan fingerprint density at radius 1 is 1.11 bits per heavy atom. The van der Waals surface area contributed by atoms with Gasteiger partial charge in [0.1, 0.15) is 11.5 Å². The van der Waals surface area contributed by atoms with E-state index in [2.05, 4.69) is 0 Å². The Morgan fingerprint density at radius 3 is 2.44 bits per heavy atom. The van der Waals surface area contributed by atoms with Crippen LogP contribution in [0.1, 0.15) is 50.0 Å². The first-order valence-corrected chi connectivity index (χ1v) is 6.85. The molecule has 2 N–H and O–H groups in total. The molecule has 1 aromatic carbocycles. The Kier molecular flexibility index (Phi) is 2.94. The minimum atomic E-state index is 0.0115. The summed E-state index contributed by atoms with van der Waals surface area (Å²) in [4.78, 5) is 0. The standard InChI is InChI=1S/C15H20O3/c16-12-4-3-5-13(17)14(12)11-6-9-18-15(10-11)7-1-2-8-15/h3-5,11,16-17H,1-2,6-10H2. The summed E-state index contributed by atoms with van der Waals surface area (Å²) in [6.45, 7) is 0.735. The third-order valence-corrected chi connectivity index (χ3v) is 4.48. The highest BCUT2D eigenvalue weighted by molar-refractivity contribution is 5.45. The van der Waals surface area contributed by atoms with Gasteiger partial charge < -0.3 is 14.9 Å². The first-order chi connectivity index (χ1) is 8.70. The number of ether oxygens (including phenoxy) is 1. The normalized spacial score (nSPS) is 26.6. The van der Waals surface area contributed by atoms with Gasteiger partial charge in [-0.2, -0.15) is 0 Å². The molecule has 1 unspecified atom stereocenters. The number of phenolic OH excluding ortho intramolecular Hbond substituents is 2. The van der Waals surface area contributed by atoms with E-state index in [1.807, 2.05) is 0 Å². The molecule has 98 valence electrons. The number of benzene rings is 1. The number of phenols is 2. The molecule has 18 heavy (non-hydrogen) atoms. The van der Waals surface area contributed by atoms with Crippen LogP contribution in [-0.2, 0) is 4.74 Å². The lowest BCUT2D eigenvalue weighted by Gasteiger charge is -2.38. The van der Waals surface area contributed by atoms with E-state index in [9.17, 15) is 10.2 Å². The molecule has 0 amide bonds. The van der Waals surface area contributed by atoms with Crippen LogP contribution in [0.25, 0.3) is 0 Å². The summed E-state index contributed by atoms with van der Waals surface area (Å²) in [5.41, 5.74) is 0.726. The molecule has 1 spiro atoms. The Morgan fingerprint density at radius 2 is 1.78 bits per heavy atom. The van der Waals surface area contributed by atoms with Gasteiger partial charge in [-0.25, -0.2) is 0 Å². The molecule has 3 rings (SSSR count). The molecule has 0 aromatic heterocycles. The molecule has 3 heteroatoms. The second-order valence-electron chi connectivity index (χ2n) is 5.64. The van der Waals surface area contributed by atoms with Crippen molar-refractivity contribution in [3.63, 3.8) is 0 Å². The average molecular weight is 248 g/mol. The van der Waals surface area contributed by atoms with E-state index < -0.39 is 0 Å². The van der Waals surface area contributed by atoms with Gasteiger partial charge >= 0.3 is 0 Å². The monoisotopic (exact) mass is 248 g/mol. The van der Waals surface area contributed by atoms with Crippen molar-refractivity contribution in [3.8, 4) is 11.5 Å². The van der Waals surface area contributed by atoms with E-state index in [0.29, 0.717) is 5.56 Å². The summed E-state index contributed by atoms with van der Waals surface area (Å²) in [5.74, 6) is 0.656. The van der Waals surface area contributed by atoms with Crippen LogP contribution in [0.15, 0.2) is 18.2 Å². The average Bonchev–Trinajstić information content (AvgIpc) is 2.77. The SMILES string of the molecule is Oc1cccc(O)c1C1CCOC2(CCCC2)C1. The molecule has 0 radical (unpaired) electrons. The smallest absolute Gasteiger partial charge is 0.122 e. The molecule has 1 aliphatic carbocycles. The van der Waals surface area contributed by atoms with Gasteiger partial charge in [-0.15, -0.1) is 0 Å². The lowest BCUT2D eigenvalue weighted by molar-refractivity contribution is -0.0807. The number of hydrogen-bond acceptors (Lipinski definition) is 3. The van der Waals surface area contributed by atoms with Gasteiger partial charge in [0.05, 0.1) is 5.60 Å². The van der Waals surface area contributed by atoms with Gasteiger partial charge in [0.25, 0.3) is 0 Å². The largest absolute Gasteiger partial charge is 0.508 e. The zero-order chi connectivity index (χ0) is 12.6. The Bertz CT molecular complexity index is 415. The van der Waals surface area contributed by atoms with Crippen LogP contribution in [-0.4, -0.2) is 22.4 Å². The van der Waals surface area contributed by atoms with Crippen LogP contribution < -0.4 is 0 Å². The lowest BCUT2D eigenvalue weighted by Crippen LogP contribution is -2.36. The van der Waals surface area contributed by atoms with Gasteiger partial charge in [-0.1, -0.05) is 18.9 Å². The van der Waals surface area contributed by atoms with Gasteiger partial charge in [-0.05, 0) is 43.7 Å². The van der Waals surface area contributed by atoms with E-state index in [4.69, 9.17) is 4.74 Å². The molecular formula is C15H20O3. The molecule has 0 bridgehead atoms. The van der Waals surface area contributed by atoms with Crippen molar-refractivity contribution < 1.29 is 14.9 Å². The minimum absolute atomic E-state index is 0.0115. The lowest BCUT2D eigenvalue weighted by atomic mass is 9.80. The molecule has 1 atom stereocenters. The van der Waals surface area contributed by atoms with Crippen LogP contribution in [0, 0.1) is 0 Å². The summed E-state index contributed by atoms with van der Waals surface area (Å²) < 4.78 is 5.99. The fourth-order valence-electron chi connectivity index (χ4n) is 3.60. The minimum Gasteiger partial charge on any atom is -0.508 e. The summed E-state index contributed by atoms with van der Waals surface area (Å²) in [6.07, 6.45) is 6.53. The highest BCUT2D eigenvalue weighted by Gasteiger charge is 2.41. The van der Waals surface area contributed by atoms with Crippen LogP contribution in [0.3, 0.4) is 0 Å². The first kappa shape index (κ1) is 11.8. The van der Waals surface area contributed by atoms with Gasteiger partial charge in [0.15, 0.2) is 0 Å². The van der Waals surface area contributed by atoms with Crippen molar-refractivity contribution in [2.24, 2.45) is 0 Å². The zero-order valence-corrected chi connectivity index (χ0v) is 10.6. The van der Waals surface area contributed by atoms with Crippen molar-refractivity contribution >= 4 is 0 Å². The number of aromatic hydroxyl groups is 2. The third kappa shape index (κ3) is 1.97. The molecule has 2 fully saturated rings. The first-order valence-electron chi connectivity index (χ1n) is 6.85. The van der Waals surface area contributed by atoms with Gasteiger partial charge in [0.2, 0.25) is 0 Å². The van der Waals surface area contributed by atoms with Crippen LogP contribution >= 0.6 is 0 Å². The summed E-state index contributed by atoms with van der Waals surface area (Å²) in [5, 5.41) is 19.9. The molecule has 1 heterocycles. The second-order valence-corrected chi connectivity index (χ2v) is 5.64. The fourth-order valence-corrected chi connectivity index (χ4v) is 3.60. The predicted octanol–water partition coefficient (Wildman–Crippen LogP) is 3.30. The van der Waals surface area contributed by atoms with Crippen LogP contribution in [0.2, 0.25) is 0 Å². The van der Waals surface area contributed by atoms with Crippen molar-refractivity contribution in [2.75, 3.05) is 6.61 Å². The quantitative estimate of drug-likeness (QED) is 0.801.